The fraction of sp³-hybridized carbons (Fsp3) is 0.0370. The summed E-state index contributed by atoms with van der Waals surface area (Å²) in [4.78, 5) is 8.70. The summed E-state index contributed by atoms with van der Waals surface area (Å²) in [5, 5.41) is 38.7. The van der Waals surface area contributed by atoms with E-state index >= 15 is 0 Å². The molecule has 4 rings (SSSR count). The van der Waals surface area contributed by atoms with E-state index < -0.39 is 0 Å². The highest BCUT2D eigenvalue weighted by Crippen LogP contribution is 2.24. The molecule has 6 heteroatoms. The summed E-state index contributed by atoms with van der Waals surface area (Å²) in [6.45, 7) is 0. The summed E-state index contributed by atoms with van der Waals surface area (Å²) in [6, 6.07) is 24.1. The minimum atomic E-state index is 0.0552. The molecular weight excluding hydrogens is 416 g/mol. The predicted molar refractivity (Wildman–Crippen MR) is 130 cm³/mol. The number of phenols is 4. The number of rotatable bonds is 6. The van der Waals surface area contributed by atoms with Gasteiger partial charge in [-0.3, -0.25) is 9.98 Å². The zero-order chi connectivity index (χ0) is 23.2. The summed E-state index contributed by atoms with van der Waals surface area (Å²) in [7, 11) is 0. The second-order valence-corrected chi connectivity index (χ2v) is 7.51. The highest BCUT2D eigenvalue weighted by Gasteiger charge is 2.02. The van der Waals surface area contributed by atoms with E-state index in [0.29, 0.717) is 11.1 Å². The van der Waals surface area contributed by atoms with Gasteiger partial charge in [0.05, 0.1) is 11.4 Å². The summed E-state index contributed by atoms with van der Waals surface area (Å²) < 4.78 is 0. The van der Waals surface area contributed by atoms with E-state index in [-0.39, 0.29) is 23.0 Å². The molecule has 33 heavy (non-hydrogen) atoms. The highest BCUT2D eigenvalue weighted by atomic mass is 16.3. The van der Waals surface area contributed by atoms with E-state index in [4.69, 9.17) is 0 Å². The zero-order valence-electron chi connectivity index (χ0n) is 17.6. The van der Waals surface area contributed by atoms with Gasteiger partial charge < -0.3 is 20.4 Å². The molecule has 0 atom stereocenters. The molecule has 0 spiro atoms. The van der Waals surface area contributed by atoms with Crippen LogP contribution in [-0.2, 0) is 6.42 Å². The summed E-state index contributed by atoms with van der Waals surface area (Å²) in [5.74, 6) is 0.247. The van der Waals surface area contributed by atoms with Crippen LogP contribution in [0.25, 0.3) is 0 Å². The lowest BCUT2D eigenvalue weighted by molar-refractivity contribution is 0.459. The molecule has 6 nitrogen and oxygen atoms in total. The average Bonchev–Trinajstić information content (AvgIpc) is 2.82. The van der Waals surface area contributed by atoms with Crippen molar-refractivity contribution in [3.8, 4) is 23.0 Å². The van der Waals surface area contributed by atoms with Crippen LogP contribution in [-0.4, -0.2) is 32.9 Å². The number of phenolic OH excluding ortho intramolecular Hbond substituents is 4. The van der Waals surface area contributed by atoms with Crippen molar-refractivity contribution >= 4 is 23.8 Å². The lowest BCUT2D eigenvalue weighted by Gasteiger charge is -2.04. The van der Waals surface area contributed by atoms with Gasteiger partial charge in [-0.05, 0) is 78.2 Å². The second kappa shape index (κ2) is 9.70. The van der Waals surface area contributed by atoms with Gasteiger partial charge in [0.25, 0.3) is 0 Å². The maximum absolute atomic E-state index is 9.82. The molecule has 0 saturated heterocycles. The minimum Gasteiger partial charge on any atom is -0.508 e. The van der Waals surface area contributed by atoms with Crippen LogP contribution >= 0.6 is 0 Å². The molecule has 0 aliphatic rings. The molecule has 4 N–H and O–H groups in total. The van der Waals surface area contributed by atoms with Crippen LogP contribution in [0.5, 0.6) is 23.0 Å². The number of aliphatic imine (C=N–C) groups is 2. The van der Waals surface area contributed by atoms with Crippen LogP contribution in [0.2, 0.25) is 0 Å². The van der Waals surface area contributed by atoms with Crippen LogP contribution in [0, 0.1) is 0 Å². The summed E-state index contributed by atoms with van der Waals surface area (Å²) in [6.07, 6.45) is 3.77. The third-order valence-electron chi connectivity index (χ3n) is 5.01. The largest absolute Gasteiger partial charge is 0.508 e. The van der Waals surface area contributed by atoms with Crippen molar-refractivity contribution in [2.24, 2.45) is 9.98 Å². The normalized spacial score (nSPS) is 11.4. The van der Waals surface area contributed by atoms with E-state index in [2.05, 4.69) is 9.98 Å². The Balaban J connectivity index is 1.39. The van der Waals surface area contributed by atoms with E-state index in [1.807, 2.05) is 48.5 Å². The van der Waals surface area contributed by atoms with Gasteiger partial charge in [0.2, 0.25) is 0 Å². The Morgan fingerprint density at radius 2 is 0.909 bits per heavy atom. The van der Waals surface area contributed by atoms with Crippen molar-refractivity contribution in [3.05, 3.63) is 107 Å². The fourth-order valence-corrected chi connectivity index (χ4v) is 3.21. The maximum Gasteiger partial charge on any atom is 0.124 e. The SMILES string of the molecule is Oc1ccc(O)c(C=Nc2ccc(Cc3ccc(N=Cc4cc(O)ccc4O)cc3)cc2)c1. The smallest absolute Gasteiger partial charge is 0.124 e. The number of nitrogens with zero attached hydrogens (tertiary/aromatic N) is 2. The predicted octanol–water partition coefficient (Wildman–Crippen LogP) is 5.60. The van der Waals surface area contributed by atoms with Gasteiger partial charge in [0, 0.05) is 23.6 Å². The first-order chi connectivity index (χ1) is 16.0. The molecule has 4 aromatic carbocycles. The molecule has 0 aromatic heterocycles. The molecule has 4 aromatic rings. The Hall–Kier alpha value is -4.58. The molecule has 0 unspecified atom stereocenters. The van der Waals surface area contributed by atoms with E-state index in [1.165, 1.54) is 48.8 Å². The van der Waals surface area contributed by atoms with E-state index in [9.17, 15) is 20.4 Å². The highest BCUT2D eigenvalue weighted by molar-refractivity contribution is 5.86. The van der Waals surface area contributed by atoms with E-state index in [1.54, 1.807) is 0 Å². The molecule has 0 aliphatic heterocycles. The Bertz CT molecular complexity index is 1210. The maximum atomic E-state index is 9.82. The van der Waals surface area contributed by atoms with Crippen molar-refractivity contribution in [1.29, 1.82) is 0 Å². The lowest BCUT2D eigenvalue weighted by atomic mass is 10.0. The minimum absolute atomic E-state index is 0.0552. The molecule has 0 bridgehead atoms. The van der Waals surface area contributed by atoms with Crippen molar-refractivity contribution in [3.63, 3.8) is 0 Å². The van der Waals surface area contributed by atoms with Gasteiger partial charge in [-0.25, -0.2) is 0 Å². The molecule has 0 amide bonds. The monoisotopic (exact) mass is 438 g/mol. The number of hydrogen-bond donors (Lipinski definition) is 4. The standard InChI is InChI=1S/C27H22N2O4/c30-24-9-11-26(32)20(14-24)16-28-22-5-1-18(2-6-22)13-19-3-7-23(8-4-19)29-17-21-15-25(31)10-12-27(21)33/h1-12,14-17,30-33H,13H2. The van der Waals surface area contributed by atoms with Gasteiger partial charge in [-0.1, -0.05) is 24.3 Å². The molecule has 0 heterocycles. The third kappa shape index (κ3) is 5.77. The van der Waals surface area contributed by atoms with Crippen molar-refractivity contribution < 1.29 is 20.4 Å². The van der Waals surface area contributed by atoms with Gasteiger partial charge in [-0.2, -0.15) is 0 Å². The topological polar surface area (TPSA) is 106 Å². The first kappa shape index (κ1) is 21.6. The average molecular weight is 438 g/mol. The second-order valence-electron chi connectivity index (χ2n) is 7.51. The van der Waals surface area contributed by atoms with Crippen LogP contribution in [0.3, 0.4) is 0 Å². The van der Waals surface area contributed by atoms with Gasteiger partial charge in [0.15, 0.2) is 0 Å². The van der Waals surface area contributed by atoms with Crippen molar-refractivity contribution in [2.45, 2.75) is 6.42 Å². The van der Waals surface area contributed by atoms with Crippen LogP contribution in [0.4, 0.5) is 11.4 Å². The Morgan fingerprint density at radius 3 is 1.30 bits per heavy atom. The number of aromatic hydroxyl groups is 4. The van der Waals surface area contributed by atoms with Crippen LogP contribution in [0.1, 0.15) is 22.3 Å². The van der Waals surface area contributed by atoms with Crippen molar-refractivity contribution in [1.82, 2.24) is 0 Å². The van der Waals surface area contributed by atoms with E-state index in [0.717, 1.165) is 28.9 Å². The van der Waals surface area contributed by atoms with Gasteiger partial charge in [0.1, 0.15) is 23.0 Å². The summed E-state index contributed by atoms with van der Waals surface area (Å²) in [5.41, 5.74) is 4.61. The lowest BCUT2D eigenvalue weighted by Crippen LogP contribution is -1.87. The van der Waals surface area contributed by atoms with Crippen molar-refractivity contribution in [2.75, 3.05) is 0 Å². The van der Waals surface area contributed by atoms with Gasteiger partial charge in [-0.15, -0.1) is 0 Å². The molecule has 0 fully saturated rings. The zero-order valence-corrected chi connectivity index (χ0v) is 17.6. The fourth-order valence-electron chi connectivity index (χ4n) is 3.21. The molecule has 0 saturated carbocycles. The number of benzene rings is 4. The Labute approximate surface area is 191 Å². The first-order valence-corrected chi connectivity index (χ1v) is 10.3. The Morgan fingerprint density at radius 1 is 0.515 bits per heavy atom. The molecule has 164 valence electrons. The first-order valence-electron chi connectivity index (χ1n) is 10.3. The molecule has 0 radical (unpaired) electrons. The Kier molecular flexibility index (Phi) is 6.36. The van der Waals surface area contributed by atoms with Crippen LogP contribution < -0.4 is 0 Å². The molecule has 0 aliphatic carbocycles. The number of hydrogen-bond acceptors (Lipinski definition) is 6. The van der Waals surface area contributed by atoms with Gasteiger partial charge >= 0.3 is 0 Å². The summed E-state index contributed by atoms with van der Waals surface area (Å²) >= 11 is 0. The molecular formula is C27H22N2O4. The quantitative estimate of drug-likeness (QED) is 0.232. The third-order valence-corrected chi connectivity index (χ3v) is 5.01. The van der Waals surface area contributed by atoms with Crippen LogP contribution in [0.15, 0.2) is 94.9 Å².